The second-order valence-corrected chi connectivity index (χ2v) is 3.78. The van der Waals surface area contributed by atoms with E-state index in [0.717, 1.165) is 12.8 Å². The minimum absolute atomic E-state index is 0.114. The maximum absolute atomic E-state index is 9.25. The Balaban J connectivity index is 2.38. The van der Waals surface area contributed by atoms with E-state index in [1.54, 1.807) is 6.92 Å². The summed E-state index contributed by atoms with van der Waals surface area (Å²) in [5.41, 5.74) is -0.227. The van der Waals surface area contributed by atoms with Crippen molar-refractivity contribution < 1.29 is 14.9 Å². The van der Waals surface area contributed by atoms with Gasteiger partial charge < -0.3 is 20.3 Å². The number of aliphatic hydroxyl groups excluding tert-OH is 2. The summed E-state index contributed by atoms with van der Waals surface area (Å²) in [5.74, 6) is 0. The molecule has 1 unspecified atom stereocenters. The summed E-state index contributed by atoms with van der Waals surface area (Å²) in [6, 6.07) is 0. The van der Waals surface area contributed by atoms with Crippen LogP contribution in [0.3, 0.4) is 0 Å². The first-order chi connectivity index (χ1) is 6.18. The third kappa shape index (κ3) is 3.23. The molecule has 4 heteroatoms. The van der Waals surface area contributed by atoms with Gasteiger partial charge in [-0.15, -0.1) is 0 Å². The van der Waals surface area contributed by atoms with Crippen LogP contribution >= 0.6 is 0 Å². The fraction of sp³-hybridized carbons (Fsp3) is 1.00. The van der Waals surface area contributed by atoms with Crippen molar-refractivity contribution >= 4 is 0 Å². The topological polar surface area (TPSA) is 61.7 Å². The Morgan fingerprint density at radius 2 is 2.08 bits per heavy atom. The van der Waals surface area contributed by atoms with E-state index in [1.165, 1.54) is 0 Å². The van der Waals surface area contributed by atoms with Crippen LogP contribution in [0, 0.1) is 0 Å². The molecule has 0 aromatic heterocycles. The smallest absolute Gasteiger partial charge is 0.0636 e. The highest BCUT2D eigenvalue weighted by atomic mass is 16.5. The summed E-state index contributed by atoms with van der Waals surface area (Å²) in [5, 5.41) is 21.6. The molecule has 1 fully saturated rings. The average molecular weight is 189 g/mol. The highest BCUT2D eigenvalue weighted by Crippen LogP contribution is 2.19. The van der Waals surface area contributed by atoms with E-state index < -0.39 is 0 Å². The van der Waals surface area contributed by atoms with Gasteiger partial charge in [-0.05, 0) is 19.8 Å². The Morgan fingerprint density at radius 1 is 1.46 bits per heavy atom. The van der Waals surface area contributed by atoms with E-state index in [9.17, 15) is 5.11 Å². The van der Waals surface area contributed by atoms with Crippen molar-refractivity contribution in [3.63, 3.8) is 0 Å². The number of hydrogen-bond acceptors (Lipinski definition) is 4. The van der Waals surface area contributed by atoms with Crippen molar-refractivity contribution in [2.24, 2.45) is 0 Å². The maximum atomic E-state index is 9.25. The van der Waals surface area contributed by atoms with E-state index >= 15 is 0 Å². The molecule has 1 heterocycles. The van der Waals surface area contributed by atoms with Crippen LogP contribution in [0.25, 0.3) is 0 Å². The van der Waals surface area contributed by atoms with Gasteiger partial charge in [0, 0.05) is 25.3 Å². The van der Waals surface area contributed by atoms with Gasteiger partial charge in [-0.1, -0.05) is 0 Å². The molecule has 13 heavy (non-hydrogen) atoms. The third-order valence-corrected chi connectivity index (χ3v) is 2.53. The highest BCUT2D eigenvalue weighted by Gasteiger charge is 2.31. The Kier molecular flexibility index (Phi) is 4.12. The highest BCUT2D eigenvalue weighted by molar-refractivity contribution is 4.89. The number of rotatable bonds is 4. The second kappa shape index (κ2) is 4.91. The number of β-amino-alcohol motifs (C(OH)–C–C–N with tert-alkyl or cyclic N) is 1. The van der Waals surface area contributed by atoms with Crippen molar-refractivity contribution in [1.29, 1.82) is 0 Å². The molecule has 4 nitrogen and oxygen atoms in total. The third-order valence-electron chi connectivity index (χ3n) is 2.53. The molecule has 0 aliphatic carbocycles. The lowest BCUT2D eigenvalue weighted by Gasteiger charge is -2.36. The Morgan fingerprint density at radius 3 is 2.54 bits per heavy atom. The first-order valence-electron chi connectivity index (χ1n) is 4.80. The van der Waals surface area contributed by atoms with Gasteiger partial charge in [0.25, 0.3) is 0 Å². The van der Waals surface area contributed by atoms with Crippen molar-refractivity contribution in [2.75, 3.05) is 26.4 Å². The monoisotopic (exact) mass is 189 g/mol. The molecule has 0 aromatic rings. The number of hydrogen-bond donors (Lipinski definition) is 3. The minimum atomic E-state index is -0.369. The fourth-order valence-electron chi connectivity index (χ4n) is 1.52. The second-order valence-electron chi connectivity index (χ2n) is 3.78. The predicted octanol–water partition coefficient (Wildman–Crippen LogP) is -0.502. The first kappa shape index (κ1) is 10.9. The molecule has 0 spiro atoms. The predicted molar refractivity (Wildman–Crippen MR) is 49.6 cm³/mol. The van der Waals surface area contributed by atoms with Gasteiger partial charge in [-0.2, -0.15) is 0 Å². The van der Waals surface area contributed by atoms with Crippen molar-refractivity contribution in [1.82, 2.24) is 5.32 Å². The lowest BCUT2D eigenvalue weighted by Crippen LogP contribution is -2.54. The summed E-state index contributed by atoms with van der Waals surface area (Å²) >= 11 is 0. The molecule has 1 aliphatic heterocycles. The van der Waals surface area contributed by atoms with Crippen LogP contribution in [-0.4, -0.2) is 48.2 Å². The summed E-state index contributed by atoms with van der Waals surface area (Å²) in [4.78, 5) is 0. The van der Waals surface area contributed by atoms with E-state index in [2.05, 4.69) is 5.32 Å². The molecule has 0 saturated carbocycles. The molecular weight excluding hydrogens is 170 g/mol. The van der Waals surface area contributed by atoms with Gasteiger partial charge in [0.05, 0.1) is 12.7 Å². The zero-order valence-corrected chi connectivity index (χ0v) is 8.12. The van der Waals surface area contributed by atoms with Gasteiger partial charge in [-0.25, -0.2) is 0 Å². The van der Waals surface area contributed by atoms with Crippen LogP contribution in [0.15, 0.2) is 0 Å². The average Bonchev–Trinajstić information content (AvgIpc) is 2.16. The van der Waals surface area contributed by atoms with Gasteiger partial charge in [0.2, 0.25) is 0 Å². The van der Waals surface area contributed by atoms with E-state index in [0.29, 0.717) is 19.8 Å². The number of ether oxygens (including phenoxy) is 1. The zero-order valence-electron chi connectivity index (χ0n) is 8.12. The number of nitrogens with one attached hydrogen (secondary N) is 1. The van der Waals surface area contributed by atoms with Crippen LogP contribution in [0.5, 0.6) is 0 Å². The maximum Gasteiger partial charge on any atom is 0.0636 e. The van der Waals surface area contributed by atoms with Gasteiger partial charge in [0.15, 0.2) is 0 Å². The molecule has 0 aromatic carbocycles. The normalized spacial score (nSPS) is 24.2. The molecular formula is C9H19NO3. The number of aliphatic hydroxyl groups is 2. The standard InChI is InChI=1S/C9H19NO3/c1-8(12)6-10-9(7-11)2-4-13-5-3-9/h8,10-12H,2-7H2,1H3. The van der Waals surface area contributed by atoms with Crippen LogP contribution < -0.4 is 5.32 Å². The molecule has 1 atom stereocenters. The fourth-order valence-corrected chi connectivity index (χ4v) is 1.52. The quantitative estimate of drug-likeness (QED) is 0.558. The van der Waals surface area contributed by atoms with E-state index in [1.807, 2.05) is 0 Å². The van der Waals surface area contributed by atoms with Crippen molar-refractivity contribution in [2.45, 2.75) is 31.4 Å². The SMILES string of the molecule is CC(O)CNC1(CO)CCOCC1. The molecule has 0 radical (unpaired) electrons. The van der Waals surface area contributed by atoms with Crippen molar-refractivity contribution in [3.8, 4) is 0 Å². The summed E-state index contributed by atoms with van der Waals surface area (Å²) in [6.07, 6.45) is 1.26. The summed E-state index contributed by atoms with van der Waals surface area (Å²) in [6.45, 7) is 3.75. The Labute approximate surface area is 78.9 Å². The lowest BCUT2D eigenvalue weighted by atomic mass is 9.91. The molecule has 1 aliphatic rings. The van der Waals surface area contributed by atoms with Crippen LogP contribution in [-0.2, 0) is 4.74 Å². The van der Waals surface area contributed by atoms with Crippen LogP contribution in [0.2, 0.25) is 0 Å². The summed E-state index contributed by atoms with van der Waals surface area (Å²) < 4.78 is 5.22. The molecule has 78 valence electrons. The molecule has 0 amide bonds. The lowest BCUT2D eigenvalue weighted by molar-refractivity contribution is 0.00714. The summed E-state index contributed by atoms with van der Waals surface area (Å²) in [7, 11) is 0. The Hall–Kier alpha value is -0.160. The van der Waals surface area contributed by atoms with E-state index in [4.69, 9.17) is 9.84 Å². The molecule has 0 bridgehead atoms. The van der Waals surface area contributed by atoms with Gasteiger partial charge in [-0.3, -0.25) is 0 Å². The minimum Gasteiger partial charge on any atom is -0.394 e. The van der Waals surface area contributed by atoms with Crippen LogP contribution in [0.4, 0.5) is 0 Å². The Bertz CT molecular complexity index is 144. The largest absolute Gasteiger partial charge is 0.394 e. The van der Waals surface area contributed by atoms with Crippen molar-refractivity contribution in [3.05, 3.63) is 0 Å². The molecule has 3 N–H and O–H groups in total. The van der Waals surface area contributed by atoms with Crippen LogP contribution in [0.1, 0.15) is 19.8 Å². The molecule has 1 rings (SSSR count). The zero-order chi connectivity index (χ0) is 9.73. The first-order valence-corrected chi connectivity index (χ1v) is 4.80. The van der Waals surface area contributed by atoms with Gasteiger partial charge in [0.1, 0.15) is 0 Å². The van der Waals surface area contributed by atoms with Gasteiger partial charge >= 0.3 is 0 Å². The molecule has 1 saturated heterocycles. The van der Waals surface area contributed by atoms with E-state index in [-0.39, 0.29) is 18.2 Å².